The van der Waals surface area contributed by atoms with E-state index >= 15 is 0 Å². The van der Waals surface area contributed by atoms with Crippen LogP contribution in [0.4, 0.5) is 4.79 Å². The van der Waals surface area contributed by atoms with Gasteiger partial charge in [-0.05, 0) is 48.1 Å². The fraction of sp³-hybridized carbons (Fsp3) is 0.500. The molecule has 1 aliphatic heterocycles. The van der Waals surface area contributed by atoms with E-state index in [1.807, 2.05) is 19.1 Å². The molecule has 2 aromatic rings. The van der Waals surface area contributed by atoms with Gasteiger partial charge in [0.05, 0.1) is 12.1 Å². The minimum atomic E-state index is -0.517. The quantitative estimate of drug-likeness (QED) is 0.778. The number of hydrogen-bond donors (Lipinski definition) is 3. The van der Waals surface area contributed by atoms with Gasteiger partial charge in [0, 0.05) is 24.5 Å². The fourth-order valence-electron chi connectivity index (χ4n) is 3.12. The molecule has 6 heteroatoms. The summed E-state index contributed by atoms with van der Waals surface area (Å²) in [7, 11) is 0. The zero-order chi connectivity index (χ0) is 16.9. The van der Waals surface area contributed by atoms with Crippen LogP contribution in [0.3, 0.4) is 0 Å². The summed E-state index contributed by atoms with van der Waals surface area (Å²) in [4.78, 5) is 12.1. The van der Waals surface area contributed by atoms with Gasteiger partial charge >= 0.3 is 6.03 Å². The molecule has 1 aliphatic rings. The molecule has 2 heterocycles. The van der Waals surface area contributed by atoms with Crippen molar-refractivity contribution in [2.24, 2.45) is 5.92 Å². The number of aliphatic hydroxyl groups is 1. The van der Waals surface area contributed by atoms with Crippen molar-refractivity contribution in [3.8, 4) is 0 Å². The third kappa shape index (κ3) is 4.06. The molecule has 1 fully saturated rings. The van der Waals surface area contributed by atoms with E-state index in [2.05, 4.69) is 28.1 Å². The van der Waals surface area contributed by atoms with Crippen molar-refractivity contribution in [3.63, 3.8) is 0 Å². The predicted octanol–water partition coefficient (Wildman–Crippen LogP) is 3.05. The molecule has 0 bridgehead atoms. The lowest BCUT2D eigenvalue weighted by Crippen LogP contribution is -2.43. The largest absolute Gasteiger partial charge is 0.391 e. The van der Waals surface area contributed by atoms with E-state index in [1.165, 1.54) is 10.1 Å². The van der Waals surface area contributed by atoms with E-state index in [0.717, 1.165) is 18.4 Å². The van der Waals surface area contributed by atoms with Crippen molar-refractivity contribution in [2.75, 3.05) is 19.8 Å². The topological polar surface area (TPSA) is 70.6 Å². The van der Waals surface area contributed by atoms with E-state index < -0.39 is 6.10 Å². The van der Waals surface area contributed by atoms with Gasteiger partial charge in [0.1, 0.15) is 0 Å². The Morgan fingerprint density at radius 1 is 1.38 bits per heavy atom. The highest BCUT2D eigenvalue weighted by atomic mass is 32.1. The molecule has 1 saturated heterocycles. The molecule has 0 unspecified atom stereocenters. The fourth-order valence-corrected chi connectivity index (χ4v) is 4.18. The molecule has 3 N–H and O–H groups in total. The number of rotatable bonds is 5. The molecule has 0 radical (unpaired) electrons. The Kier molecular flexibility index (Phi) is 5.71. The van der Waals surface area contributed by atoms with Crippen LogP contribution in [-0.4, -0.2) is 37.0 Å². The van der Waals surface area contributed by atoms with Gasteiger partial charge in [-0.2, -0.15) is 0 Å². The first-order valence-electron chi connectivity index (χ1n) is 8.41. The number of thiophene rings is 1. The number of fused-ring (bicyclic) bond motifs is 1. The zero-order valence-electron chi connectivity index (χ0n) is 13.8. The van der Waals surface area contributed by atoms with Crippen LogP contribution >= 0.6 is 11.3 Å². The van der Waals surface area contributed by atoms with Crippen molar-refractivity contribution in [3.05, 3.63) is 35.2 Å². The summed E-state index contributed by atoms with van der Waals surface area (Å²) in [5.41, 5.74) is 1.12. The third-order valence-corrected chi connectivity index (χ3v) is 5.59. The van der Waals surface area contributed by atoms with Crippen LogP contribution in [-0.2, 0) is 4.74 Å². The maximum atomic E-state index is 12.1. The summed E-state index contributed by atoms with van der Waals surface area (Å²) in [5, 5.41) is 19.2. The number of benzene rings is 1. The second-order valence-corrected chi connectivity index (χ2v) is 7.19. The van der Waals surface area contributed by atoms with Crippen molar-refractivity contribution < 1.29 is 14.6 Å². The van der Waals surface area contributed by atoms with Crippen LogP contribution < -0.4 is 10.6 Å². The SMILES string of the molecule is C[C@@H](NC(=O)NC[C@@H](O)C1CCOCC1)c1csc2ccccc12. The molecule has 0 aliphatic carbocycles. The number of hydrogen-bond acceptors (Lipinski definition) is 4. The van der Waals surface area contributed by atoms with Crippen molar-refractivity contribution in [1.82, 2.24) is 10.6 Å². The first-order chi connectivity index (χ1) is 11.6. The minimum Gasteiger partial charge on any atom is -0.391 e. The van der Waals surface area contributed by atoms with Gasteiger partial charge in [0.25, 0.3) is 0 Å². The number of aliphatic hydroxyl groups excluding tert-OH is 1. The Balaban J connectivity index is 1.51. The van der Waals surface area contributed by atoms with Crippen molar-refractivity contribution in [2.45, 2.75) is 31.9 Å². The Hall–Kier alpha value is -1.63. The number of nitrogens with one attached hydrogen (secondary N) is 2. The maximum Gasteiger partial charge on any atom is 0.315 e. The van der Waals surface area contributed by atoms with Crippen molar-refractivity contribution in [1.29, 1.82) is 0 Å². The monoisotopic (exact) mass is 348 g/mol. The average molecular weight is 348 g/mol. The molecule has 130 valence electrons. The zero-order valence-corrected chi connectivity index (χ0v) is 14.6. The van der Waals surface area contributed by atoms with E-state index in [0.29, 0.717) is 13.2 Å². The van der Waals surface area contributed by atoms with Crippen molar-refractivity contribution >= 4 is 27.5 Å². The number of urea groups is 1. The van der Waals surface area contributed by atoms with E-state index in [4.69, 9.17) is 4.74 Å². The second-order valence-electron chi connectivity index (χ2n) is 6.28. The highest BCUT2D eigenvalue weighted by Gasteiger charge is 2.22. The summed E-state index contributed by atoms with van der Waals surface area (Å²) in [6.07, 6.45) is 1.18. The molecule has 0 saturated carbocycles. The number of carbonyl (C=O) groups excluding carboxylic acids is 1. The number of ether oxygens (including phenoxy) is 1. The maximum absolute atomic E-state index is 12.1. The molecular weight excluding hydrogens is 324 g/mol. The van der Waals surface area contributed by atoms with Crippen LogP contribution in [0.25, 0.3) is 10.1 Å². The van der Waals surface area contributed by atoms with E-state index in [9.17, 15) is 9.90 Å². The second kappa shape index (κ2) is 7.96. The summed E-state index contributed by atoms with van der Waals surface area (Å²) in [5.74, 6) is 0.206. The molecule has 2 amide bonds. The Morgan fingerprint density at radius 3 is 2.92 bits per heavy atom. The highest BCUT2D eigenvalue weighted by molar-refractivity contribution is 7.17. The molecular formula is C18H24N2O3S. The number of amides is 2. The molecule has 1 aromatic carbocycles. The average Bonchev–Trinajstić information content (AvgIpc) is 3.04. The molecule has 24 heavy (non-hydrogen) atoms. The Morgan fingerprint density at radius 2 is 2.12 bits per heavy atom. The predicted molar refractivity (Wildman–Crippen MR) is 96.3 cm³/mol. The number of carbonyl (C=O) groups is 1. The summed E-state index contributed by atoms with van der Waals surface area (Å²) >= 11 is 1.68. The molecule has 3 rings (SSSR count). The molecule has 1 aromatic heterocycles. The lowest BCUT2D eigenvalue weighted by molar-refractivity contribution is 0.00949. The Labute approximate surface area is 146 Å². The van der Waals surface area contributed by atoms with Gasteiger partial charge in [-0.3, -0.25) is 0 Å². The summed E-state index contributed by atoms with van der Waals surface area (Å²) in [6.45, 7) is 3.63. The molecule has 2 atom stereocenters. The van der Waals surface area contributed by atoms with Gasteiger partial charge < -0.3 is 20.5 Å². The van der Waals surface area contributed by atoms with E-state index in [1.54, 1.807) is 11.3 Å². The summed E-state index contributed by atoms with van der Waals surface area (Å²) < 4.78 is 6.51. The Bertz CT molecular complexity index is 682. The smallest absolute Gasteiger partial charge is 0.315 e. The van der Waals surface area contributed by atoms with Crippen LogP contribution in [0.2, 0.25) is 0 Å². The van der Waals surface area contributed by atoms with Crippen LogP contribution in [0.1, 0.15) is 31.4 Å². The molecule has 0 spiro atoms. The van der Waals surface area contributed by atoms with Crippen LogP contribution in [0.5, 0.6) is 0 Å². The normalized spacial score (nSPS) is 18.2. The van der Waals surface area contributed by atoms with E-state index in [-0.39, 0.29) is 24.5 Å². The van der Waals surface area contributed by atoms with Gasteiger partial charge in [-0.1, -0.05) is 18.2 Å². The first-order valence-corrected chi connectivity index (χ1v) is 9.29. The lowest BCUT2D eigenvalue weighted by Gasteiger charge is -2.27. The summed E-state index contributed by atoms with van der Waals surface area (Å²) in [6, 6.07) is 7.86. The third-order valence-electron chi connectivity index (χ3n) is 4.61. The highest BCUT2D eigenvalue weighted by Crippen LogP contribution is 2.29. The van der Waals surface area contributed by atoms with Crippen LogP contribution in [0.15, 0.2) is 29.6 Å². The van der Waals surface area contributed by atoms with Gasteiger partial charge in [-0.15, -0.1) is 11.3 Å². The van der Waals surface area contributed by atoms with Gasteiger partial charge in [-0.25, -0.2) is 4.79 Å². The van der Waals surface area contributed by atoms with Crippen LogP contribution in [0, 0.1) is 5.92 Å². The van der Waals surface area contributed by atoms with Gasteiger partial charge in [0.15, 0.2) is 0 Å². The van der Waals surface area contributed by atoms with Gasteiger partial charge in [0.2, 0.25) is 0 Å². The minimum absolute atomic E-state index is 0.0821. The standard InChI is InChI=1S/C18H24N2O3S/c1-12(15-11-24-17-5-3-2-4-14(15)17)20-18(22)19-10-16(21)13-6-8-23-9-7-13/h2-5,11-13,16,21H,6-10H2,1H3,(H2,19,20,22)/t12-,16-/m1/s1. The first kappa shape index (κ1) is 17.2. The molecule has 5 nitrogen and oxygen atoms in total. The lowest BCUT2D eigenvalue weighted by atomic mass is 9.94.